The summed E-state index contributed by atoms with van der Waals surface area (Å²) < 4.78 is 14.2. The molecule has 7 heteroatoms. The molecule has 2 heterocycles. The van der Waals surface area contributed by atoms with Crippen molar-refractivity contribution in [2.75, 3.05) is 37.6 Å². The summed E-state index contributed by atoms with van der Waals surface area (Å²) >= 11 is 6.57. The molecule has 1 unspecified atom stereocenters. The second kappa shape index (κ2) is 10.4. The molecule has 1 fully saturated rings. The molecule has 1 saturated heterocycles. The summed E-state index contributed by atoms with van der Waals surface area (Å²) in [6.45, 7) is 7.08. The predicted molar refractivity (Wildman–Crippen MR) is 143 cm³/mol. The van der Waals surface area contributed by atoms with Crippen molar-refractivity contribution in [3.8, 4) is 0 Å². The number of nitrogens with zero attached hydrogens (tertiary/aromatic N) is 4. The lowest BCUT2D eigenvalue weighted by molar-refractivity contribution is -0.134. The molecule has 36 heavy (non-hydrogen) atoms. The molecule has 0 aliphatic carbocycles. The first-order chi connectivity index (χ1) is 17.4. The fraction of sp³-hybridized carbons (Fsp3) is 0.310. The fourth-order valence-electron chi connectivity index (χ4n) is 5.06. The normalized spacial score (nSPS) is 18.4. The number of carbonyl (C=O) groups is 1. The van der Waals surface area contributed by atoms with Gasteiger partial charge in [0.1, 0.15) is 5.82 Å². The zero-order valence-electron chi connectivity index (χ0n) is 20.6. The summed E-state index contributed by atoms with van der Waals surface area (Å²) in [6, 6.07) is 20.6. The third-order valence-corrected chi connectivity index (χ3v) is 7.40. The maximum atomic E-state index is 14.2. The minimum absolute atomic E-state index is 0.0560. The van der Waals surface area contributed by atoms with Gasteiger partial charge in [0.15, 0.2) is 0 Å². The summed E-state index contributed by atoms with van der Waals surface area (Å²) in [5.41, 5.74) is 5.78. The Morgan fingerprint density at radius 1 is 1.00 bits per heavy atom. The smallest absolute Gasteiger partial charge is 0.257 e. The molecular formula is C29H30ClFN4O. The van der Waals surface area contributed by atoms with E-state index in [0.717, 1.165) is 28.0 Å². The van der Waals surface area contributed by atoms with Gasteiger partial charge < -0.3 is 4.90 Å². The topological polar surface area (TPSA) is 39.2 Å². The first-order valence-electron chi connectivity index (χ1n) is 12.3. The monoisotopic (exact) mass is 504 g/mol. The number of piperazine rings is 1. The number of carbonyl (C=O) groups excluding carboxylic acids is 1. The lowest BCUT2D eigenvalue weighted by Crippen LogP contribution is -2.49. The minimum Gasteiger partial charge on any atom is -0.367 e. The standard InChI is InChI=1S/C29H30ClFN4O/c1-20-11-12-21(2)23(17-20)26-18-28(22-7-3-4-8-24(22)30)35(32-26)29(36)19-33-13-15-34(16-14-33)27-10-6-5-9-25(27)31/h3-12,17,28H,13-16,18-19H2,1-2H3. The van der Waals surface area contributed by atoms with Crippen LogP contribution in [0.25, 0.3) is 0 Å². The first-order valence-corrected chi connectivity index (χ1v) is 12.7. The highest BCUT2D eigenvalue weighted by atomic mass is 35.5. The van der Waals surface area contributed by atoms with Crippen LogP contribution in [0.15, 0.2) is 71.8 Å². The Hall–Kier alpha value is -3.22. The summed E-state index contributed by atoms with van der Waals surface area (Å²) in [5, 5.41) is 7.12. The van der Waals surface area contributed by atoms with E-state index in [9.17, 15) is 9.18 Å². The van der Waals surface area contributed by atoms with Gasteiger partial charge in [0, 0.05) is 43.2 Å². The third kappa shape index (κ3) is 5.01. The Morgan fingerprint density at radius 2 is 1.72 bits per heavy atom. The molecule has 3 aromatic carbocycles. The van der Waals surface area contributed by atoms with Crippen molar-refractivity contribution in [2.45, 2.75) is 26.3 Å². The Labute approximate surface area is 216 Å². The highest BCUT2D eigenvalue weighted by Gasteiger charge is 2.35. The number of amides is 1. The largest absolute Gasteiger partial charge is 0.367 e. The second-order valence-corrected chi connectivity index (χ2v) is 9.97. The number of hydrazone groups is 1. The van der Waals surface area contributed by atoms with Gasteiger partial charge >= 0.3 is 0 Å². The van der Waals surface area contributed by atoms with Crippen molar-refractivity contribution in [1.82, 2.24) is 9.91 Å². The highest BCUT2D eigenvalue weighted by molar-refractivity contribution is 6.31. The lowest BCUT2D eigenvalue weighted by Gasteiger charge is -2.36. The first kappa shape index (κ1) is 24.5. The van der Waals surface area contributed by atoms with Gasteiger partial charge in [-0.3, -0.25) is 9.69 Å². The minimum atomic E-state index is -0.249. The number of aryl methyl sites for hydroxylation is 2. The molecule has 186 valence electrons. The molecule has 0 saturated carbocycles. The van der Waals surface area contributed by atoms with Crippen LogP contribution in [-0.2, 0) is 4.79 Å². The quantitative estimate of drug-likeness (QED) is 0.454. The molecular weight excluding hydrogens is 475 g/mol. The van der Waals surface area contributed by atoms with E-state index in [1.807, 2.05) is 35.2 Å². The van der Waals surface area contributed by atoms with E-state index >= 15 is 0 Å². The maximum Gasteiger partial charge on any atom is 0.257 e. The average molecular weight is 505 g/mol. The average Bonchev–Trinajstić information content (AvgIpc) is 3.32. The van der Waals surface area contributed by atoms with Crippen molar-refractivity contribution >= 4 is 28.9 Å². The molecule has 1 amide bonds. The molecule has 5 rings (SSSR count). The Bertz CT molecular complexity index is 1300. The molecule has 5 nitrogen and oxygen atoms in total. The van der Waals surface area contributed by atoms with E-state index in [1.54, 1.807) is 17.1 Å². The lowest BCUT2D eigenvalue weighted by atomic mass is 9.95. The number of halogens is 2. The van der Waals surface area contributed by atoms with Crippen LogP contribution in [0.3, 0.4) is 0 Å². The van der Waals surface area contributed by atoms with E-state index in [-0.39, 0.29) is 24.3 Å². The van der Waals surface area contributed by atoms with Crippen LogP contribution < -0.4 is 4.90 Å². The summed E-state index contributed by atoms with van der Waals surface area (Å²) in [7, 11) is 0. The van der Waals surface area contributed by atoms with Gasteiger partial charge in [-0.25, -0.2) is 9.40 Å². The molecule has 0 aromatic heterocycles. The van der Waals surface area contributed by atoms with Crippen LogP contribution in [0, 0.1) is 19.7 Å². The van der Waals surface area contributed by atoms with E-state index < -0.39 is 0 Å². The van der Waals surface area contributed by atoms with Crippen molar-refractivity contribution in [1.29, 1.82) is 0 Å². The van der Waals surface area contributed by atoms with Crippen molar-refractivity contribution in [3.63, 3.8) is 0 Å². The second-order valence-electron chi connectivity index (χ2n) is 9.56. The SMILES string of the molecule is Cc1ccc(C)c(C2=NN(C(=O)CN3CCN(c4ccccc4F)CC3)C(c3ccccc3Cl)C2)c1. The summed E-state index contributed by atoms with van der Waals surface area (Å²) in [6.07, 6.45) is 0.612. The molecule has 0 radical (unpaired) electrons. The summed E-state index contributed by atoms with van der Waals surface area (Å²) in [5.74, 6) is -0.269. The predicted octanol–water partition coefficient (Wildman–Crippen LogP) is 5.60. The number of para-hydroxylation sites is 1. The zero-order chi connectivity index (χ0) is 25.2. The number of rotatable bonds is 5. The van der Waals surface area contributed by atoms with Crippen LogP contribution in [0.4, 0.5) is 10.1 Å². The van der Waals surface area contributed by atoms with Crippen LogP contribution >= 0.6 is 11.6 Å². The Morgan fingerprint density at radius 3 is 2.47 bits per heavy atom. The van der Waals surface area contributed by atoms with Gasteiger partial charge in [-0.05, 0) is 49.2 Å². The number of anilines is 1. The van der Waals surface area contributed by atoms with Gasteiger partial charge in [-0.2, -0.15) is 5.10 Å². The van der Waals surface area contributed by atoms with Crippen LogP contribution in [0.2, 0.25) is 5.02 Å². The van der Waals surface area contributed by atoms with Crippen molar-refractivity contribution < 1.29 is 9.18 Å². The molecule has 0 spiro atoms. The van der Waals surface area contributed by atoms with Gasteiger partial charge in [0.2, 0.25) is 0 Å². The number of hydrogen-bond donors (Lipinski definition) is 0. The van der Waals surface area contributed by atoms with E-state index in [4.69, 9.17) is 16.7 Å². The van der Waals surface area contributed by atoms with E-state index in [0.29, 0.717) is 43.3 Å². The molecule has 2 aliphatic heterocycles. The van der Waals surface area contributed by atoms with Gasteiger partial charge in [0.25, 0.3) is 5.91 Å². The van der Waals surface area contributed by atoms with Crippen molar-refractivity contribution in [3.05, 3.63) is 99.8 Å². The molecule has 0 bridgehead atoms. The highest BCUT2D eigenvalue weighted by Crippen LogP contribution is 2.37. The van der Waals surface area contributed by atoms with Gasteiger partial charge in [-0.15, -0.1) is 0 Å². The van der Waals surface area contributed by atoms with Crippen molar-refractivity contribution in [2.24, 2.45) is 5.10 Å². The van der Waals surface area contributed by atoms with Crippen LogP contribution in [0.5, 0.6) is 0 Å². The number of hydrogen-bond acceptors (Lipinski definition) is 4. The zero-order valence-corrected chi connectivity index (χ0v) is 21.4. The molecule has 1 atom stereocenters. The third-order valence-electron chi connectivity index (χ3n) is 7.06. The molecule has 2 aliphatic rings. The van der Waals surface area contributed by atoms with Gasteiger partial charge in [0.05, 0.1) is 24.0 Å². The van der Waals surface area contributed by atoms with E-state index in [2.05, 4.69) is 36.9 Å². The number of benzene rings is 3. The maximum absolute atomic E-state index is 14.2. The Kier molecular flexibility index (Phi) is 7.08. The van der Waals surface area contributed by atoms with Gasteiger partial charge in [-0.1, -0.05) is 59.6 Å². The Balaban J connectivity index is 1.34. The van der Waals surface area contributed by atoms with E-state index in [1.165, 1.54) is 6.07 Å². The fourth-order valence-corrected chi connectivity index (χ4v) is 5.32. The van der Waals surface area contributed by atoms with Crippen LogP contribution in [-0.4, -0.2) is 54.3 Å². The van der Waals surface area contributed by atoms with Crippen LogP contribution in [0.1, 0.15) is 34.7 Å². The molecule has 3 aromatic rings. The molecule has 0 N–H and O–H groups in total. The summed E-state index contributed by atoms with van der Waals surface area (Å²) in [4.78, 5) is 17.8.